The third kappa shape index (κ3) is 9.10. The van der Waals surface area contributed by atoms with E-state index in [1.807, 2.05) is 0 Å². The number of para-hydroxylation sites is 1. The molecule has 0 amide bonds. The lowest BCUT2D eigenvalue weighted by molar-refractivity contribution is -0.285. The van der Waals surface area contributed by atoms with E-state index in [0.717, 1.165) is 0 Å². The topological polar surface area (TPSA) is 134 Å². The van der Waals surface area contributed by atoms with Gasteiger partial charge in [-0.3, -0.25) is 9.59 Å². The molecule has 1 aliphatic heterocycles. The quantitative estimate of drug-likeness (QED) is 0.146. The van der Waals surface area contributed by atoms with Crippen LogP contribution in [0.25, 0.3) is 0 Å². The van der Waals surface area contributed by atoms with Gasteiger partial charge in [0, 0.05) is 13.8 Å². The number of hydrogen-bond donors (Lipinski definition) is 0. The standard InChI is InChI=1S/C28H42O12Si/c1-11-15-34-27(31)40-25-24(37-18(3)30)23(36-17(2)29)21(16-35-41(9,10)28(4,5)6)38-26(25)39-22-19(32-7)13-12-14-20(22)33-8/h11-14,21,23-26H,1,15-16H2,2-10H3/t21-,23-,24+,25-,26?/m1/s1. The molecule has 2 rings (SSSR count). The smallest absolute Gasteiger partial charge is 0.493 e. The molecule has 0 bridgehead atoms. The number of rotatable bonds is 12. The normalized spacial score (nSPS) is 22.6. The molecule has 5 atom stereocenters. The van der Waals surface area contributed by atoms with Gasteiger partial charge in [0.15, 0.2) is 32.0 Å². The average Bonchev–Trinajstić information content (AvgIpc) is 2.88. The summed E-state index contributed by atoms with van der Waals surface area (Å²) in [7, 11) is 0.565. The number of carbonyl (C=O) groups excluding carboxylic acids is 3. The van der Waals surface area contributed by atoms with Crippen LogP contribution in [0, 0.1) is 0 Å². The Morgan fingerprint density at radius 3 is 2.00 bits per heavy atom. The van der Waals surface area contributed by atoms with Crippen LogP contribution in [0.5, 0.6) is 17.2 Å². The number of methoxy groups -OCH3 is 2. The summed E-state index contributed by atoms with van der Waals surface area (Å²) in [4.78, 5) is 37.1. The van der Waals surface area contributed by atoms with Crippen molar-refractivity contribution in [3.05, 3.63) is 30.9 Å². The molecule has 0 spiro atoms. The van der Waals surface area contributed by atoms with Gasteiger partial charge in [0.25, 0.3) is 0 Å². The van der Waals surface area contributed by atoms with Crippen molar-refractivity contribution in [3.63, 3.8) is 0 Å². The molecule has 1 aromatic rings. The van der Waals surface area contributed by atoms with E-state index in [1.54, 1.807) is 18.2 Å². The molecular weight excluding hydrogens is 556 g/mol. The fourth-order valence-electron chi connectivity index (χ4n) is 3.72. The van der Waals surface area contributed by atoms with Gasteiger partial charge in [0.1, 0.15) is 12.7 Å². The molecule has 12 nitrogen and oxygen atoms in total. The highest BCUT2D eigenvalue weighted by Gasteiger charge is 2.54. The van der Waals surface area contributed by atoms with Gasteiger partial charge in [-0.1, -0.05) is 39.5 Å². The van der Waals surface area contributed by atoms with Crippen LogP contribution in [0.4, 0.5) is 4.79 Å². The number of hydrogen-bond acceptors (Lipinski definition) is 12. The first-order chi connectivity index (χ1) is 19.1. The largest absolute Gasteiger partial charge is 0.509 e. The van der Waals surface area contributed by atoms with Crippen molar-refractivity contribution >= 4 is 26.4 Å². The Bertz CT molecular complexity index is 1040. The Balaban J connectivity index is 2.62. The van der Waals surface area contributed by atoms with Crippen molar-refractivity contribution in [2.75, 3.05) is 27.4 Å². The van der Waals surface area contributed by atoms with Crippen LogP contribution < -0.4 is 14.2 Å². The van der Waals surface area contributed by atoms with Crippen LogP contribution in [-0.2, 0) is 37.7 Å². The molecule has 0 aliphatic carbocycles. The molecule has 0 saturated carbocycles. The maximum Gasteiger partial charge on any atom is 0.509 e. The van der Waals surface area contributed by atoms with Gasteiger partial charge in [0.2, 0.25) is 18.1 Å². The minimum Gasteiger partial charge on any atom is -0.493 e. The second-order valence-electron chi connectivity index (χ2n) is 10.8. The molecule has 1 aliphatic rings. The van der Waals surface area contributed by atoms with E-state index in [4.69, 9.17) is 42.3 Å². The summed E-state index contributed by atoms with van der Waals surface area (Å²) in [5, 5.41) is -0.144. The minimum absolute atomic E-state index is 0.0389. The van der Waals surface area contributed by atoms with Gasteiger partial charge in [-0.25, -0.2) is 4.79 Å². The molecule has 1 fully saturated rings. The highest BCUT2D eigenvalue weighted by atomic mass is 28.4. The zero-order chi connectivity index (χ0) is 31.0. The summed E-state index contributed by atoms with van der Waals surface area (Å²) < 4.78 is 51.5. The Kier molecular flexibility index (Phi) is 12.0. The molecule has 13 heteroatoms. The van der Waals surface area contributed by atoms with E-state index in [1.165, 1.54) is 34.1 Å². The Morgan fingerprint density at radius 2 is 1.51 bits per heavy atom. The van der Waals surface area contributed by atoms with Crippen LogP contribution in [0.3, 0.4) is 0 Å². The van der Waals surface area contributed by atoms with E-state index in [-0.39, 0.29) is 24.0 Å². The van der Waals surface area contributed by atoms with Crippen molar-refractivity contribution in [1.82, 2.24) is 0 Å². The highest BCUT2D eigenvalue weighted by Crippen LogP contribution is 2.41. The predicted molar refractivity (Wildman–Crippen MR) is 150 cm³/mol. The van der Waals surface area contributed by atoms with E-state index in [2.05, 4.69) is 40.4 Å². The van der Waals surface area contributed by atoms with Gasteiger partial charge in [-0.15, -0.1) is 0 Å². The number of benzene rings is 1. The lowest BCUT2D eigenvalue weighted by Gasteiger charge is -2.45. The Hall–Kier alpha value is -3.29. The van der Waals surface area contributed by atoms with E-state index >= 15 is 0 Å². The van der Waals surface area contributed by atoms with E-state index in [0.29, 0.717) is 11.5 Å². The van der Waals surface area contributed by atoms with Gasteiger partial charge in [-0.2, -0.15) is 0 Å². The molecule has 1 aromatic carbocycles. The third-order valence-corrected chi connectivity index (χ3v) is 11.3. The van der Waals surface area contributed by atoms with Crippen molar-refractivity contribution in [1.29, 1.82) is 0 Å². The maximum absolute atomic E-state index is 12.6. The van der Waals surface area contributed by atoms with Crippen molar-refractivity contribution < 1.29 is 56.7 Å². The van der Waals surface area contributed by atoms with Crippen LogP contribution >= 0.6 is 0 Å². The molecule has 0 aromatic heterocycles. The summed E-state index contributed by atoms with van der Waals surface area (Å²) in [5.41, 5.74) is 0. The monoisotopic (exact) mass is 598 g/mol. The first-order valence-corrected chi connectivity index (χ1v) is 16.0. The summed E-state index contributed by atoms with van der Waals surface area (Å²) in [5.74, 6) is -0.680. The summed E-state index contributed by atoms with van der Waals surface area (Å²) in [6.45, 7) is 16.0. The second kappa shape index (κ2) is 14.6. The number of carbonyl (C=O) groups is 3. The fraction of sp³-hybridized carbons (Fsp3) is 0.607. The van der Waals surface area contributed by atoms with Crippen LogP contribution in [0.15, 0.2) is 30.9 Å². The Morgan fingerprint density at radius 1 is 0.951 bits per heavy atom. The van der Waals surface area contributed by atoms with E-state index < -0.39 is 57.1 Å². The SMILES string of the molecule is C=CCOC(=O)O[C@H]1C(Oc2c(OC)cccc2OC)O[C@H](CO[Si](C)(C)C(C)(C)C)[C@@H](OC(C)=O)[C@@H]1OC(C)=O. The predicted octanol–water partition coefficient (Wildman–Crippen LogP) is 4.40. The highest BCUT2D eigenvalue weighted by molar-refractivity contribution is 6.74. The zero-order valence-corrected chi connectivity index (χ0v) is 26.2. The molecule has 0 radical (unpaired) electrons. The molecule has 1 saturated heterocycles. The van der Waals surface area contributed by atoms with Crippen LogP contribution in [-0.4, -0.2) is 84.6 Å². The molecular formula is C28H42O12Si. The first-order valence-electron chi connectivity index (χ1n) is 13.1. The van der Waals surface area contributed by atoms with Gasteiger partial charge in [-0.05, 0) is 30.3 Å². The lowest BCUT2D eigenvalue weighted by atomic mass is 9.98. The van der Waals surface area contributed by atoms with Gasteiger partial charge < -0.3 is 42.3 Å². The average molecular weight is 599 g/mol. The maximum atomic E-state index is 12.6. The van der Waals surface area contributed by atoms with Crippen LogP contribution in [0.2, 0.25) is 18.1 Å². The first kappa shape index (κ1) is 33.9. The van der Waals surface area contributed by atoms with E-state index in [9.17, 15) is 14.4 Å². The molecule has 1 unspecified atom stereocenters. The van der Waals surface area contributed by atoms with Crippen molar-refractivity contribution in [2.45, 2.75) is 83.5 Å². The summed E-state index contributed by atoms with van der Waals surface area (Å²) in [6.07, 6.45) is -6.22. The zero-order valence-electron chi connectivity index (χ0n) is 25.2. The van der Waals surface area contributed by atoms with Crippen LogP contribution in [0.1, 0.15) is 34.6 Å². The molecule has 1 heterocycles. The third-order valence-electron chi connectivity index (χ3n) is 6.78. The summed E-state index contributed by atoms with van der Waals surface area (Å²) in [6, 6.07) is 4.97. The fourth-order valence-corrected chi connectivity index (χ4v) is 4.73. The Labute approximate surface area is 242 Å². The van der Waals surface area contributed by atoms with Crippen molar-refractivity contribution in [3.8, 4) is 17.2 Å². The number of ether oxygens (including phenoxy) is 8. The molecule has 230 valence electrons. The molecule has 0 N–H and O–H groups in total. The molecule has 41 heavy (non-hydrogen) atoms. The van der Waals surface area contributed by atoms with Crippen molar-refractivity contribution in [2.24, 2.45) is 0 Å². The van der Waals surface area contributed by atoms with Gasteiger partial charge in [0.05, 0.1) is 20.8 Å². The number of esters is 2. The van der Waals surface area contributed by atoms with Gasteiger partial charge >= 0.3 is 18.1 Å². The lowest BCUT2D eigenvalue weighted by Crippen LogP contribution is -2.64. The second-order valence-corrected chi connectivity index (χ2v) is 15.6. The minimum atomic E-state index is -2.32. The summed E-state index contributed by atoms with van der Waals surface area (Å²) >= 11 is 0.